The molecule has 1 atom stereocenters. The predicted molar refractivity (Wildman–Crippen MR) is 101 cm³/mol. The molecule has 0 radical (unpaired) electrons. The summed E-state index contributed by atoms with van der Waals surface area (Å²) in [5.74, 6) is 0.0620. The zero-order valence-electron chi connectivity index (χ0n) is 14.9. The molecule has 1 aliphatic heterocycles. The van der Waals surface area contributed by atoms with Crippen molar-refractivity contribution in [2.24, 2.45) is 0 Å². The van der Waals surface area contributed by atoms with Crippen molar-refractivity contribution in [3.8, 4) is 5.75 Å². The quantitative estimate of drug-likeness (QED) is 0.678. The standard InChI is InChI=1S/C18H21FN4O3S/c1-27-10-14-17-22-13(16(25)18(26)23(17)7-6-20-14)8-15(24)21-9-11-2-4-12(19)5-3-11/h2-5,14,20,25H,6-10H2,1H3,(H,21,24). The number of halogens is 1. The van der Waals surface area contributed by atoms with Gasteiger partial charge in [0.25, 0.3) is 5.56 Å². The van der Waals surface area contributed by atoms with Crippen LogP contribution in [0, 0.1) is 5.82 Å². The molecule has 1 aromatic carbocycles. The second-order valence-corrected chi connectivity index (χ2v) is 7.17. The normalized spacial score (nSPS) is 16.0. The molecule has 0 aliphatic carbocycles. The maximum Gasteiger partial charge on any atom is 0.296 e. The Morgan fingerprint density at radius 1 is 1.44 bits per heavy atom. The number of aromatic nitrogens is 2. The fourth-order valence-corrected chi connectivity index (χ4v) is 3.57. The summed E-state index contributed by atoms with van der Waals surface area (Å²) in [6.07, 6.45) is 1.76. The van der Waals surface area contributed by atoms with Crippen LogP contribution in [0.15, 0.2) is 29.1 Å². The lowest BCUT2D eigenvalue weighted by Crippen LogP contribution is -2.42. The largest absolute Gasteiger partial charge is 0.502 e. The second kappa shape index (κ2) is 8.53. The number of hydrogen-bond acceptors (Lipinski definition) is 6. The first kappa shape index (κ1) is 19.4. The number of carbonyl (C=O) groups excluding carboxylic acids is 1. The zero-order chi connectivity index (χ0) is 19.4. The van der Waals surface area contributed by atoms with Crippen molar-refractivity contribution in [3.05, 3.63) is 57.5 Å². The molecule has 3 N–H and O–H groups in total. The Balaban J connectivity index is 1.75. The number of rotatable bonds is 6. The number of aromatic hydroxyl groups is 1. The highest BCUT2D eigenvalue weighted by Gasteiger charge is 2.26. The van der Waals surface area contributed by atoms with Gasteiger partial charge in [0.05, 0.1) is 18.2 Å². The summed E-state index contributed by atoms with van der Waals surface area (Å²) in [6, 6.07) is 5.68. The van der Waals surface area contributed by atoms with Crippen LogP contribution in [0.1, 0.15) is 23.1 Å². The molecule has 2 heterocycles. The Labute approximate surface area is 160 Å². The van der Waals surface area contributed by atoms with Gasteiger partial charge in [-0.05, 0) is 24.0 Å². The van der Waals surface area contributed by atoms with Crippen molar-refractivity contribution in [1.29, 1.82) is 0 Å². The number of fused-ring (bicyclic) bond motifs is 1. The van der Waals surface area contributed by atoms with Crippen LogP contribution >= 0.6 is 11.8 Å². The highest BCUT2D eigenvalue weighted by Crippen LogP contribution is 2.21. The number of thioether (sulfide) groups is 1. The maximum absolute atomic E-state index is 12.9. The van der Waals surface area contributed by atoms with Crippen molar-refractivity contribution in [2.75, 3.05) is 18.6 Å². The van der Waals surface area contributed by atoms with E-state index < -0.39 is 11.3 Å². The van der Waals surface area contributed by atoms with Crippen LogP contribution in [0.4, 0.5) is 4.39 Å². The molecule has 2 aromatic rings. The fourth-order valence-electron chi connectivity index (χ4n) is 2.97. The summed E-state index contributed by atoms with van der Waals surface area (Å²) in [5, 5.41) is 16.2. The third-order valence-electron chi connectivity index (χ3n) is 4.35. The first-order valence-corrected chi connectivity index (χ1v) is 9.95. The van der Waals surface area contributed by atoms with Crippen LogP contribution in [0.5, 0.6) is 5.75 Å². The van der Waals surface area contributed by atoms with Crippen molar-refractivity contribution in [3.63, 3.8) is 0 Å². The number of benzene rings is 1. The van der Waals surface area contributed by atoms with Gasteiger partial charge in [0, 0.05) is 25.4 Å². The number of carbonyl (C=O) groups is 1. The Hall–Kier alpha value is -2.39. The second-order valence-electron chi connectivity index (χ2n) is 6.26. The summed E-state index contributed by atoms with van der Waals surface area (Å²) < 4.78 is 14.4. The molecule has 1 unspecified atom stereocenters. The van der Waals surface area contributed by atoms with E-state index in [2.05, 4.69) is 15.6 Å². The van der Waals surface area contributed by atoms with Gasteiger partial charge in [0.1, 0.15) is 11.6 Å². The van der Waals surface area contributed by atoms with Crippen molar-refractivity contribution >= 4 is 17.7 Å². The van der Waals surface area contributed by atoms with E-state index in [4.69, 9.17) is 0 Å². The molecule has 9 heteroatoms. The van der Waals surface area contributed by atoms with Gasteiger partial charge in [0.2, 0.25) is 11.7 Å². The summed E-state index contributed by atoms with van der Waals surface area (Å²) in [5.41, 5.74) is 0.295. The first-order valence-electron chi connectivity index (χ1n) is 8.55. The lowest BCUT2D eigenvalue weighted by atomic mass is 10.2. The number of nitrogens with one attached hydrogen (secondary N) is 2. The molecule has 0 bridgehead atoms. The van der Waals surface area contributed by atoms with Crippen LogP contribution in [0.25, 0.3) is 0 Å². The lowest BCUT2D eigenvalue weighted by Gasteiger charge is -2.27. The van der Waals surface area contributed by atoms with Gasteiger partial charge in [-0.1, -0.05) is 12.1 Å². The molecular formula is C18H21FN4O3S. The zero-order valence-corrected chi connectivity index (χ0v) is 15.7. The van der Waals surface area contributed by atoms with Crippen LogP contribution in [0.3, 0.4) is 0 Å². The molecule has 0 saturated carbocycles. The first-order chi connectivity index (χ1) is 13.0. The predicted octanol–water partition coefficient (Wildman–Crippen LogP) is 0.954. The van der Waals surface area contributed by atoms with E-state index >= 15 is 0 Å². The van der Waals surface area contributed by atoms with Gasteiger partial charge >= 0.3 is 0 Å². The molecule has 7 nitrogen and oxygen atoms in total. The average Bonchev–Trinajstić information content (AvgIpc) is 2.66. The highest BCUT2D eigenvalue weighted by atomic mass is 32.2. The molecule has 27 heavy (non-hydrogen) atoms. The fraction of sp³-hybridized carbons (Fsp3) is 0.389. The van der Waals surface area contributed by atoms with E-state index in [9.17, 15) is 19.1 Å². The minimum Gasteiger partial charge on any atom is -0.502 e. The van der Waals surface area contributed by atoms with E-state index in [0.29, 0.717) is 18.9 Å². The SMILES string of the molecule is CSCC1NCCn2c1nc(CC(=O)NCc1ccc(F)cc1)c(O)c2=O. The smallest absolute Gasteiger partial charge is 0.296 e. The molecule has 0 fully saturated rings. The van der Waals surface area contributed by atoms with E-state index in [0.717, 1.165) is 11.3 Å². The van der Waals surface area contributed by atoms with Crippen molar-refractivity contribution in [2.45, 2.75) is 25.6 Å². The van der Waals surface area contributed by atoms with E-state index in [1.807, 2.05) is 6.26 Å². The average molecular weight is 392 g/mol. The van der Waals surface area contributed by atoms with Gasteiger partial charge < -0.3 is 15.7 Å². The van der Waals surface area contributed by atoms with E-state index in [-0.39, 0.29) is 36.4 Å². The summed E-state index contributed by atoms with van der Waals surface area (Å²) in [6.45, 7) is 1.27. The van der Waals surface area contributed by atoms with Gasteiger partial charge in [-0.3, -0.25) is 14.2 Å². The Bertz CT molecular complexity index is 885. The molecule has 3 rings (SSSR count). The van der Waals surface area contributed by atoms with Crippen molar-refractivity contribution < 1.29 is 14.3 Å². The molecular weight excluding hydrogens is 371 g/mol. The minimum atomic E-state index is -0.520. The third-order valence-corrected chi connectivity index (χ3v) is 5.02. The number of hydrogen-bond donors (Lipinski definition) is 3. The van der Waals surface area contributed by atoms with Crippen LogP contribution in [-0.2, 0) is 24.3 Å². The van der Waals surface area contributed by atoms with Gasteiger partial charge in [-0.2, -0.15) is 11.8 Å². The molecule has 1 aromatic heterocycles. The van der Waals surface area contributed by atoms with Gasteiger partial charge in [-0.25, -0.2) is 9.37 Å². The Morgan fingerprint density at radius 2 is 2.19 bits per heavy atom. The number of nitrogens with zero attached hydrogens (tertiary/aromatic N) is 2. The van der Waals surface area contributed by atoms with E-state index in [1.165, 1.54) is 16.7 Å². The van der Waals surface area contributed by atoms with Crippen LogP contribution in [-0.4, -0.2) is 39.1 Å². The third kappa shape index (κ3) is 4.48. The van der Waals surface area contributed by atoms with Crippen molar-refractivity contribution in [1.82, 2.24) is 20.2 Å². The lowest BCUT2D eigenvalue weighted by molar-refractivity contribution is -0.120. The topological polar surface area (TPSA) is 96.2 Å². The Kier molecular flexibility index (Phi) is 6.12. The molecule has 1 aliphatic rings. The minimum absolute atomic E-state index is 0.0673. The van der Waals surface area contributed by atoms with Crippen LogP contribution < -0.4 is 16.2 Å². The summed E-state index contributed by atoms with van der Waals surface area (Å²) in [4.78, 5) is 29.1. The summed E-state index contributed by atoms with van der Waals surface area (Å²) >= 11 is 1.62. The summed E-state index contributed by atoms with van der Waals surface area (Å²) in [7, 11) is 0. The molecule has 0 saturated heterocycles. The van der Waals surface area contributed by atoms with Gasteiger partial charge in [0.15, 0.2) is 0 Å². The Morgan fingerprint density at radius 3 is 2.89 bits per heavy atom. The highest BCUT2D eigenvalue weighted by molar-refractivity contribution is 7.98. The number of amides is 1. The van der Waals surface area contributed by atoms with E-state index in [1.54, 1.807) is 23.9 Å². The maximum atomic E-state index is 12.9. The van der Waals surface area contributed by atoms with Crippen LogP contribution in [0.2, 0.25) is 0 Å². The molecule has 0 spiro atoms. The monoisotopic (exact) mass is 392 g/mol. The molecule has 1 amide bonds. The molecule has 144 valence electrons. The van der Waals surface area contributed by atoms with Gasteiger partial charge in [-0.15, -0.1) is 0 Å².